The maximum Gasteiger partial charge on any atom is 0.338 e. The van der Waals surface area contributed by atoms with Crippen LogP contribution in [0.5, 0.6) is 0 Å². The van der Waals surface area contributed by atoms with Gasteiger partial charge in [-0.05, 0) is 25.1 Å². The van der Waals surface area contributed by atoms with Crippen LogP contribution in [0.3, 0.4) is 0 Å². The predicted molar refractivity (Wildman–Crippen MR) is 92.0 cm³/mol. The number of ether oxygens (including phenoxy) is 2. The van der Waals surface area contributed by atoms with Crippen LogP contribution in [0.1, 0.15) is 21.1 Å². The lowest BCUT2D eigenvalue weighted by atomic mass is 10.2. The van der Waals surface area contributed by atoms with E-state index in [9.17, 15) is 13.2 Å². The Morgan fingerprint density at radius 1 is 1.36 bits per heavy atom. The number of nitrogens with zero attached hydrogens (tertiary/aromatic N) is 2. The Kier molecular flexibility index (Phi) is 5.48. The molecule has 0 bridgehead atoms. The van der Waals surface area contributed by atoms with Gasteiger partial charge in [-0.15, -0.1) is 11.3 Å². The molecule has 1 aliphatic heterocycles. The second kappa shape index (κ2) is 7.61. The Bertz CT molecular complexity index is 857. The number of rotatable bonds is 5. The van der Waals surface area contributed by atoms with Crippen LogP contribution in [0.15, 0.2) is 34.5 Å². The fourth-order valence-electron chi connectivity index (χ4n) is 2.42. The van der Waals surface area contributed by atoms with Gasteiger partial charge in [-0.3, -0.25) is 0 Å². The summed E-state index contributed by atoms with van der Waals surface area (Å²) >= 11 is 1.48. The van der Waals surface area contributed by atoms with Crippen LogP contribution in [0.25, 0.3) is 0 Å². The third-order valence-corrected chi connectivity index (χ3v) is 6.41. The van der Waals surface area contributed by atoms with Crippen LogP contribution in [-0.2, 0) is 26.1 Å². The smallest absolute Gasteiger partial charge is 0.338 e. The molecule has 7 nitrogen and oxygen atoms in total. The van der Waals surface area contributed by atoms with E-state index in [-0.39, 0.29) is 17.1 Å². The van der Waals surface area contributed by atoms with E-state index in [1.807, 2.05) is 12.3 Å². The molecule has 2 aromatic rings. The zero-order valence-electron chi connectivity index (χ0n) is 13.7. The van der Waals surface area contributed by atoms with Crippen molar-refractivity contribution in [3.63, 3.8) is 0 Å². The van der Waals surface area contributed by atoms with Crippen LogP contribution in [-0.4, -0.2) is 50.0 Å². The standard InChI is InChI=1S/C16H18N2O5S2/c1-12-17-14(11-24-12)10-23-16(19)13-3-2-4-15(9-13)25(20,21)18-5-7-22-8-6-18/h2-4,9,11H,5-8,10H2,1H3. The maximum absolute atomic E-state index is 12.7. The third-order valence-electron chi connectivity index (χ3n) is 3.70. The molecule has 1 aromatic carbocycles. The number of aryl methyl sites for hydroxylation is 1. The highest BCUT2D eigenvalue weighted by Crippen LogP contribution is 2.19. The molecule has 1 fully saturated rings. The number of carbonyl (C=O) groups is 1. The molecule has 3 rings (SSSR count). The average molecular weight is 382 g/mol. The molecule has 0 radical (unpaired) electrons. The van der Waals surface area contributed by atoms with Crippen LogP contribution in [0.4, 0.5) is 0 Å². The predicted octanol–water partition coefficient (Wildman–Crippen LogP) is 1.83. The molecule has 0 spiro atoms. The normalized spacial score (nSPS) is 15.9. The van der Waals surface area contributed by atoms with E-state index in [1.54, 1.807) is 0 Å². The molecule has 25 heavy (non-hydrogen) atoms. The maximum atomic E-state index is 12.7. The highest BCUT2D eigenvalue weighted by Gasteiger charge is 2.27. The van der Waals surface area contributed by atoms with Gasteiger partial charge >= 0.3 is 5.97 Å². The van der Waals surface area contributed by atoms with Crippen molar-refractivity contribution in [3.05, 3.63) is 45.9 Å². The van der Waals surface area contributed by atoms with E-state index in [1.165, 1.54) is 39.9 Å². The van der Waals surface area contributed by atoms with Gasteiger partial charge in [0.15, 0.2) is 0 Å². The Hall–Kier alpha value is -1.81. The van der Waals surface area contributed by atoms with E-state index in [0.717, 1.165) is 5.01 Å². The number of aromatic nitrogens is 1. The van der Waals surface area contributed by atoms with Crippen LogP contribution < -0.4 is 0 Å². The first-order valence-electron chi connectivity index (χ1n) is 7.73. The molecule has 0 amide bonds. The number of hydrogen-bond acceptors (Lipinski definition) is 7. The highest BCUT2D eigenvalue weighted by atomic mass is 32.2. The lowest BCUT2D eigenvalue weighted by Crippen LogP contribution is -2.40. The fraction of sp³-hybridized carbons (Fsp3) is 0.375. The van der Waals surface area contributed by atoms with Gasteiger partial charge in [0.2, 0.25) is 10.0 Å². The minimum absolute atomic E-state index is 0.0591. The van der Waals surface area contributed by atoms with Crippen molar-refractivity contribution >= 4 is 27.3 Å². The minimum Gasteiger partial charge on any atom is -0.456 e. The zero-order valence-corrected chi connectivity index (χ0v) is 15.3. The van der Waals surface area contributed by atoms with Crippen LogP contribution in [0, 0.1) is 6.92 Å². The van der Waals surface area contributed by atoms with Gasteiger partial charge in [-0.25, -0.2) is 18.2 Å². The molecule has 0 saturated carbocycles. The van der Waals surface area contributed by atoms with Crippen molar-refractivity contribution in [2.24, 2.45) is 0 Å². The molecule has 0 unspecified atom stereocenters. The van der Waals surface area contributed by atoms with Crippen LogP contribution in [0.2, 0.25) is 0 Å². The van der Waals surface area contributed by atoms with Gasteiger partial charge in [0, 0.05) is 18.5 Å². The first kappa shape index (κ1) is 18.0. The SMILES string of the molecule is Cc1nc(COC(=O)c2cccc(S(=O)(=O)N3CCOCC3)c2)cs1. The first-order valence-corrected chi connectivity index (χ1v) is 10.0. The number of esters is 1. The molecule has 1 aromatic heterocycles. The number of benzene rings is 1. The van der Waals surface area contributed by atoms with Gasteiger partial charge in [-0.1, -0.05) is 6.07 Å². The van der Waals surface area contributed by atoms with E-state index >= 15 is 0 Å². The summed E-state index contributed by atoms with van der Waals surface area (Å²) in [4.78, 5) is 16.5. The molecule has 9 heteroatoms. The lowest BCUT2D eigenvalue weighted by Gasteiger charge is -2.26. The Labute approximate surface area is 150 Å². The highest BCUT2D eigenvalue weighted by molar-refractivity contribution is 7.89. The van der Waals surface area contributed by atoms with Gasteiger partial charge in [0.25, 0.3) is 0 Å². The van der Waals surface area contributed by atoms with E-state index in [0.29, 0.717) is 32.0 Å². The van der Waals surface area contributed by atoms with Crippen LogP contribution >= 0.6 is 11.3 Å². The summed E-state index contributed by atoms with van der Waals surface area (Å²) in [5, 5.41) is 2.71. The Balaban J connectivity index is 1.73. The molecule has 0 N–H and O–H groups in total. The van der Waals surface area contributed by atoms with Crippen molar-refractivity contribution in [2.45, 2.75) is 18.4 Å². The Morgan fingerprint density at radius 3 is 2.80 bits per heavy atom. The van der Waals surface area contributed by atoms with Gasteiger partial charge in [0.05, 0.1) is 34.4 Å². The molecular weight excluding hydrogens is 364 g/mol. The zero-order chi connectivity index (χ0) is 17.9. The monoisotopic (exact) mass is 382 g/mol. The largest absolute Gasteiger partial charge is 0.456 e. The fourth-order valence-corrected chi connectivity index (χ4v) is 4.47. The van der Waals surface area contributed by atoms with Crippen molar-refractivity contribution in [1.29, 1.82) is 0 Å². The van der Waals surface area contributed by atoms with E-state index in [2.05, 4.69) is 4.98 Å². The molecule has 0 aliphatic carbocycles. The van der Waals surface area contributed by atoms with E-state index in [4.69, 9.17) is 9.47 Å². The second-order valence-electron chi connectivity index (χ2n) is 5.48. The van der Waals surface area contributed by atoms with Gasteiger partial charge < -0.3 is 9.47 Å². The number of morpholine rings is 1. The lowest BCUT2D eigenvalue weighted by molar-refractivity contribution is 0.0468. The summed E-state index contributed by atoms with van der Waals surface area (Å²) in [5.74, 6) is -0.579. The quantitative estimate of drug-likeness (QED) is 0.734. The summed E-state index contributed by atoms with van der Waals surface area (Å²) in [6.45, 7) is 3.28. The minimum atomic E-state index is -3.65. The molecule has 1 saturated heterocycles. The molecule has 0 atom stereocenters. The Morgan fingerprint density at radius 2 is 2.12 bits per heavy atom. The summed E-state index contributed by atoms with van der Waals surface area (Å²) in [6, 6.07) is 5.90. The summed E-state index contributed by atoms with van der Waals surface area (Å²) in [7, 11) is -3.65. The van der Waals surface area contributed by atoms with Gasteiger partial charge in [0.1, 0.15) is 6.61 Å². The van der Waals surface area contributed by atoms with Crippen molar-refractivity contribution in [1.82, 2.24) is 9.29 Å². The van der Waals surface area contributed by atoms with Crippen molar-refractivity contribution in [3.8, 4) is 0 Å². The van der Waals surface area contributed by atoms with Crippen molar-refractivity contribution in [2.75, 3.05) is 26.3 Å². The van der Waals surface area contributed by atoms with E-state index < -0.39 is 16.0 Å². The number of sulfonamides is 1. The molecule has 1 aliphatic rings. The number of hydrogen-bond donors (Lipinski definition) is 0. The molecule has 134 valence electrons. The number of carbonyl (C=O) groups excluding carboxylic acids is 1. The molecular formula is C16H18N2O5S2. The molecule has 2 heterocycles. The third kappa shape index (κ3) is 4.24. The summed E-state index contributed by atoms with van der Waals surface area (Å²) < 4.78 is 37.1. The van der Waals surface area contributed by atoms with Crippen molar-refractivity contribution < 1.29 is 22.7 Å². The summed E-state index contributed by atoms with van der Waals surface area (Å²) in [5.41, 5.74) is 0.870. The summed E-state index contributed by atoms with van der Waals surface area (Å²) in [6.07, 6.45) is 0. The topological polar surface area (TPSA) is 85.8 Å². The van der Waals surface area contributed by atoms with Gasteiger partial charge in [-0.2, -0.15) is 4.31 Å². The first-order chi connectivity index (χ1) is 12.0. The number of thiazole rings is 1. The second-order valence-corrected chi connectivity index (χ2v) is 8.48. The average Bonchev–Trinajstić information content (AvgIpc) is 3.06.